The van der Waals surface area contributed by atoms with Crippen LogP contribution >= 0.6 is 15.9 Å². The Morgan fingerprint density at radius 3 is 2.61 bits per heavy atom. The van der Waals surface area contributed by atoms with Crippen LogP contribution in [0.4, 0.5) is 20.6 Å². The van der Waals surface area contributed by atoms with Crippen molar-refractivity contribution in [3.63, 3.8) is 0 Å². The van der Waals surface area contributed by atoms with Gasteiger partial charge in [-0.3, -0.25) is 15.0 Å². The van der Waals surface area contributed by atoms with Crippen LogP contribution in [-0.2, 0) is 11.3 Å². The van der Waals surface area contributed by atoms with Crippen molar-refractivity contribution in [1.29, 1.82) is 0 Å². The molecule has 0 aliphatic heterocycles. The molecule has 0 fully saturated rings. The molecule has 0 bridgehead atoms. The molecule has 2 aromatic carbocycles. The summed E-state index contributed by atoms with van der Waals surface area (Å²) in [6.45, 7) is 0.00823. The number of nitro groups is 1. The smallest absolute Gasteiger partial charge is 0.414 e. The summed E-state index contributed by atoms with van der Waals surface area (Å²) in [7, 11) is 1.28. The van der Waals surface area contributed by atoms with Gasteiger partial charge in [0.05, 0.1) is 4.92 Å². The van der Waals surface area contributed by atoms with E-state index < -0.39 is 22.5 Å². The fraction of sp³-hybridized carbons (Fsp3) is 0.133. The minimum atomic E-state index is -0.825. The second-order valence-electron chi connectivity index (χ2n) is 4.61. The summed E-state index contributed by atoms with van der Waals surface area (Å²) in [5.74, 6) is -0.708. The van der Waals surface area contributed by atoms with E-state index in [1.54, 1.807) is 24.3 Å². The predicted octanol–water partition coefficient (Wildman–Crippen LogP) is 4.27. The first kappa shape index (κ1) is 16.9. The summed E-state index contributed by atoms with van der Waals surface area (Å²) in [6, 6.07) is 10.8. The summed E-state index contributed by atoms with van der Waals surface area (Å²) in [6.07, 6.45) is -0.825. The Bertz CT molecular complexity index is 740. The van der Waals surface area contributed by atoms with Crippen LogP contribution in [-0.4, -0.2) is 18.1 Å². The standard InChI is InChI=1S/C15H12BrFN2O4/c1-18(15(20)23-9-10-5-3-2-4-6-10)13-8-11(17)7-12(16)14(13)19(21)22/h2-8H,9H2,1H3. The molecule has 23 heavy (non-hydrogen) atoms. The van der Waals surface area contributed by atoms with Gasteiger partial charge in [-0.2, -0.15) is 0 Å². The van der Waals surface area contributed by atoms with Gasteiger partial charge >= 0.3 is 11.8 Å². The van der Waals surface area contributed by atoms with Crippen molar-refractivity contribution in [2.45, 2.75) is 6.61 Å². The van der Waals surface area contributed by atoms with Gasteiger partial charge in [-0.15, -0.1) is 0 Å². The number of nitrogens with zero attached hydrogens (tertiary/aromatic N) is 2. The molecule has 0 heterocycles. The molecule has 0 aromatic heterocycles. The average molecular weight is 383 g/mol. The number of halogens is 2. The lowest BCUT2D eigenvalue weighted by Gasteiger charge is -2.17. The van der Waals surface area contributed by atoms with Crippen LogP contribution in [0.2, 0.25) is 0 Å². The highest BCUT2D eigenvalue weighted by Crippen LogP contribution is 2.36. The fourth-order valence-electron chi connectivity index (χ4n) is 1.90. The van der Waals surface area contributed by atoms with Gasteiger partial charge in [0.15, 0.2) is 0 Å². The van der Waals surface area contributed by atoms with Crippen LogP contribution in [0.5, 0.6) is 0 Å². The summed E-state index contributed by atoms with van der Waals surface area (Å²) >= 11 is 2.93. The number of carbonyl (C=O) groups excluding carboxylic acids is 1. The van der Waals surface area contributed by atoms with E-state index in [1.807, 2.05) is 6.07 Å². The number of benzene rings is 2. The molecule has 0 atom stereocenters. The Morgan fingerprint density at radius 2 is 2.00 bits per heavy atom. The summed E-state index contributed by atoms with van der Waals surface area (Å²) < 4.78 is 18.5. The van der Waals surface area contributed by atoms with E-state index in [9.17, 15) is 19.3 Å². The van der Waals surface area contributed by atoms with Gasteiger partial charge in [0.2, 0.25) is 0 Å². The molecule has 0 aliphatic rings. The highest BCUT2D eigenvalue weighted by Gasteiger charge is 2.26. The summed E-state index contributed by atoms with van der Waals surface area (Å²) in [5.41, 5.74) is 0.162. The number of ether oxygens (including phenoxy) is 1. The van der Waals surface area contributed by atoms with Crippen LogP contribution < -0.4 is 4.90 Å². The Balaban J connectivity index is 2.21. The van der Waals surface area contributed by atoms with E-state index in [0.29, 0.717) is 0 Å². The lowest BCUT2D eigenvalue weighted by atomic mass is 10.2. The highest BCUT2D eigenvalue weighted by atomic mass is 79.9. The molecule has 0 saturated heterocycles. The van der Waals surface area contributed by atoms with Crippen molar-refractivity contribution in [2.75, 3.05) is 11.9 Å². The molecule has 6 nitrogen and oxygen atoms in total. The Labute approximate surface area is 139 Å². The zero-order chi connectivity index (χ0) is 17.0. The lowest BCUT2D eigenvalue weighted by molar-refractivity contribution is -0.384. The fourth-order valence-corrected chi connectivity index (χ4v) is 2.47. The molecule has 2 aromatic rings. The molecule has 0 unspecified atom stereocenters. The number of anilines is 1. The normalized spacial score (nSPS) is 10.2. The maximum atomic E-state index is 13.5. The van der Waals surface area contributed by atoms with E-state index in [0.717, 1.165) is 22.6 Å². The largest absolute Gasteiger partial charge is 0.444 e. The van der Waals surface area contributed by atoms with Crippen molar-refractivity contribution in [3.05, 3.63) is 68.4 Å². The molecule has 1 amide bonds. The maximum absolute atomic E-state index is 13.5. The van der Waals surface area contributed by atoms with E-state index in [2.05, 4.69) is 15.9 Å². The predicted molar refractivity (Wildman–Crippen MR) is 85.8 cm³/mol. The number of rotatable bonds is 4. The van der Waals surface area contributed by atoms with Crippen LogP contribution in [0.1, 0.15) is 5.56 Å². The molecule has 2 rings (SSSR count). The molecule has 0 N–H and O–H groups in total. The monoisotopic (exact) mass is 382 g/mol. The van der Waals surface area contributed by atoms with Crippen molar-refractivity contribution < 1.29 is 18.8 Å². The summed E-state index contributed by atoms with van der Waals surface area (Å²) in [5, 5.41) is 11.1. The van der Waals surface area contributed by atoms with E-state index in [1.165, 1.54) is 7.05 Å². The average Bonchev–Trinajstić information content (AvgIpc) is 2.51. The lowest BCUT2D eigenvalue weighted by Crippen LogP contribution is -2.27. The SMILES string of the molecule is CN(C(=O)OCc1ccccc1)c1cc(F)cc(Br)c1[N+](=O)[O-]. The van der Waals surface area contributed by atoms with Gasteiger partial charge in [0, 0.05) is 13.1 Å². The molecule has 0 saturated carbocycles. The van der Waals surface area contributed by atoms with Crippen LogP contribution in [0.15, 0.2) is 46.9 Å². The van der Waals surface area contributed by atoms with Gasteiger partial charge in [-0.05, 0) is 27.6 Å². The van der Waals surface area contributed by atoms with Crippen molar-refractivity contribution >= 4 is 33.4 Å². The summed E-state index contributed by atoms with van der Waals surface area (Å²) in [4.78, 5) is 23.4. The van der Waals surface area contributed by atoms with Crippen molar-refractivity contribution in [2.24, 2.45) is 0 Å². The van der Waals surface area contributed by atoms with E-state index in [4.69, 9.17) is 4.74 Å². The van der Waals surface area contributed by atoms with E-state index in [-0.39, 0.29) is 16.8 Å². The molecule has 0 radical (unpaired) electrons. The second-order valence-corrected chi connectivity index (χ2v) is 5.47. The number of amides is 1. The van der Waals surface area contributed by atoms with Gasteiger partial charge < -0.3 is 4.74 Å². The first-order valence-corrected chi connectivity index (χ1v) is 7.27. The number of hydrogen-bond acceptors (Lipinski definition) is 4. The second kappa shape index (κ2) is 7.19. The Morgan fingerprint density at radius 1 is 1.35 bits per heavy atom. The highest BCUT2D eigenvalue weighted by molar-refractivity contribution is 9.10. The van der Waals surface area contributed by atoms with Crippen LogP contribution in [0.3, 0.4) is 0 Å². The molecule has 120 valence electrons. The van der Waals surface area contributed by atoms with Gasteiger partial charge in [0.1, 0.15) is 22.6 Å². The number of carbonyl (C=O) groups is 1. The molecular weight excluding hydrogens is 371 g/mol. The van der Waals surface area contributed by atoms with Gasteiger partial charge in [-0.25, -0.2) is 9.18 Å². The zero-order valence-electron chi connectivity index (χ0n) is 12.0. The first-order chi connectivity index (χ1) is 10.9. The minimum Gasteiger partial charge on any atom is -0.444 e. The van der Waals surface area contributed by atoms with Crippen molar-refractivity contribution in [1.82, 2.24) is 0 Å². The zero-order valence-corrected chi connectivity index (χ0v) is 13.6. The third-order valence-corrected chi connectivity index (χ3v) is 3.64. The number of nitro benzene ring substituents is 1. The topological polar surface area (TPSA) is 72.7 Å². The van der Waals surface area contributed by atoms with Crippen LogP contribution in [0.25, 0.3) is 0 Å². The third-order valence-electron chi connectivity index (χ3n) is 3.03. The Hall–Kier alpha value is -2.48. The minimum absolute atomic E-state index is 0.00823. The maximum Gasteiger partial charge on any atom is 0.414 e. The molecule has 8 heteroatoms. The third kappa shape index (κ3) is 4.04. The Kier molecular flexibility index (Phi) is 5.28. The van der Waals surface area contributed by atoms with Crippen LogP contribution in [0, 0.1) is 15.9 Å². The van der Waals surface area contributed by atoms with Gasteiger partial charge in [0.25, 0.3) is 0 Å². The molecule has 0 spiro atoms. The quantitative estimate of drug-likeness (QED) is 0.584. The van der Waals surface area contributed by atoms with Gasteiger partial charge in [-0.1, -0.05) is 30.3 Å². The first-order valence-electron chi connectivity index (χ1n) is 6.48. The molecule has 0 aliphatic carbocycles. The van der Waals surface area contributed by atoms with E-state index >= 15 is 0 Å². The number of hydrogen-bond donors (Lipinski definition) is 0. The van der Waals surface area contributed by atoms with Crippen molar-refractivity contribution in [3.8, 4) is 0 Å². The molecular formula is C15H12BrFN2O4.